The van der Waals surface area contributed by atoms with Crippen molar-refractivity contribution in [2.24, 2.45) is 0 Å². The summed E-state index contributed by atoms with van der Waals surface area (Å²) < 4.78 is 91.2. The van der Waals surface area contributed by atoms with Crippen molar-refractivity contribution >= 4 is 55.0 Å². The zero-order valence-corrected chi connectivity index (χ0v) is 45.7. The van der Waals surface area contributed by atoms with Gasteiger partial charge in [-0.15, -0.1) is 0 Å². The number of aliphatic hydroxyl groups is 1. The molecule has 77 heavy (non-hydrogen) atoms. The Hall–Kier alpha value is -8.31. The van der Waals surface area contributed by atoms with Crippen LogP contribution in [0.5, 0.6) is 40.4 Å². The number of ether oxygens (including phenoxy) is 5. The molecule has 4 heterocycles. The number of aromatic nitrogens is 6. The highest BCUT2D eigenvalue weighted by molar-refractivity contribution is 7.94. The van der Waals surface area contributed by atoms with E-state index in [0.717, 1.165) is 11.1 Å². The minimum Gasteiger partial charge on any atom is -0.493 e. The zero-order chi connectivity index (χ0) is 55.4. The Bertz CT molecular complexity index is 3500. The molecule has 23 heteroatoms. The van der Waals surface area contributed by atoms with Crippen LogP contribution in [0.1, 0.15) is 52.7 Å². The summed E-state index contributed by atoms with van der Waals surface area (Å²) in [4.78, 5) is 25.6. The fourth-order valence-corrected chi connectivity index (χ4v) is 8.98. The third-order valence-corrected chi connectivity index (χ3v) is 13.1. The second kappa shape index (κ2) is 24.6. The molecule has 8 aromatic rings. The van der Waals surface area contributed by atoms with Crippen molar-refractivity contribution in [3.05, 3.63) is 162 Å². The van der Waals surface area contributed by atoms with Gasteiger partial charge in [-0.05, 0) is 94.8 Å². The Labute approximate surface area is 452 Å². The number of rotatable bonds is 19. The van der Waals surface area contributed by atoms with Crippen LogP contribution < -0.4 is 42.6 Å². The third kappa shape index (κ3) is 15.4. The van der Waals surface area contributed by atoms with Crippen molar-refractivity contribution in [2.75, 3.05) is 46.3 Å². The highest BCUT2D eigenvalue weighted by Crippen LogP contribution is 2.42. The molecule has 0 amide bonds. The number of anilines is 4. The molecule has 5 N–H and O–H groups in total. The summed E-state index contributed by atoms with van der Waals surface area (Å²) >= 11 is 6.49. The number of halogens is 1. The van der Waals surface area contributed by atoms with Gasteiger partial charge in [-0.2, -0.15) is 21.8 Å². The fourth-order valence-electron chi connectivity index (χ4n) is 6.99. The number of nitrogens with one attached hydrogen (secondary N) is 4. The second-order valence-corrected chi connectivity index (χ2v) is 21.9. The minimum atomic E-state index is -4.22. The maximum atomic E-state index is 13.3. The van der Waals surface area contributed by atoms with Crippen LogP contribution in [-0.2, 0) is 31.2 Å². The van der Waals surface area contributed by atoms with Gasteiger partial charge in [0, 0.05) is 35.9 Å². The quantitative estimate of drug-likeness (QED) is 0.0472. The van der Waals surface area contributed by atoms with Crippen LogP contribution in [-0.4, -0.2) is 79.3 Å². The average molecular weight is 1110 g/mol. The van der Waals surface area contributed by atoms with E-state index in [-0.39, 0.29) is 75.6 Å². The Kier molecular flexibility index (Phi) is 18.0. The molecule has 0 fully saturated rings. The normalized spacial score (nSPS) is 11.6. The van der Waals surface area contributed by atoms with Gasteiger partial charge in [0.1, 0.15) is 6.61 Å². The van der Waals surface area contributed by atoms with Crippen LogP contribution in [0.3, 0.4) is 0 Å². The summed E-state index contributed by atoms with van der Waals surface area (Å²) in [5, 5.41) is 9.31. The SMILES string of the molecule is COc1ccccc1Oc1c(Cl)nc(-c2ccncc2)nc1NS(=O)(=O)Nc1ccc(C(C)(C)C)cc1.COc1ccccc1Oc1c(NS(=O)(=O)Nc2ccc(C(C)(C)C)cc2)nc(-c2ccncc2)nc1OCCO. The van der Waals surface area contributed by atoms with E-state index in [1.54, 1.807) is 122 Å². The lowest BCUT2D eigenvalue weighted by atomic mass is 9.87. The molecule has 402 valence electrons. The van der Waals surface area contributed by atoms with Crippen molar-refractivity contribution in [2.45, 2.75) is 52.4 Å². The molecule has 0 saturated carbocycles. The second-order valence-electron chi connectivity index (χ2n) is 18.7. The predicted octanol–water partition coefficient (Wildman–Crippen LogP) is 10.8. The molecule has 0 spiro atoms. The highest BCUT2D eigenvalue weighted by Gasteiger charge is 2.26. The van der Waals surface area contributed by atoms with E-state index in [9.17, 15) is 21.9 Å². The van der Waals surface area contributed by atoms with Gasteiger partial charge < -0.3 is 28.8 Å². The standard InChI is InChI=1S/C28H31N5O6S.C26H26ClN5O4S/c1-28(2,3)20-9-11-21(12-10-20)32-40(35,36)33-26-24(39-23-8-6-5-7-22(23)37-4)27(38-18-17-34)31-25(30-26)19-13-15-29-16-14-19;1-26(2,3)18-9-11-19(12-10-18)31-37(33,34)32-25-22(36-21-8-6-5-7-20(21)35-4)23(27)29-24(30-25)17-13-15-28-16-14-17/h5-16,32,34H,17-18H2,1-4H3,(H,30,31,33);5-16,31H,1-4H3,(H,29,30,32). The molecule has 0 saturated heterocycles. The molecule has 20 nitrogen and oxygen atoms in total. The van der Waals surface area contributed by atoms with Crippen molar-refractivity contribution < 1.29 is 45.6 Å². The van der Waals surface area contributed by atoms with E-state index in [4.69, 9.17) is 35.3 Å². The van der Waals surface area contributed by atoms with Crippen LogP contribution in [0.2, 0.25) is 5.15 Å². The summed E-state index contributed by atoms with van der Waals surface area (Å²) in [6.45, 7) is 12.0. The molecule has 4 aromatic carbocycles. The summed E-state index contributed by atoms with van der Waals surface area (Å²) in [7, 11) is -5.41. The lowest BCUT2D eigenvalue weighted by molar-refractivity contribution is 0.192. The average Bonchev–Trinajstić information content (AvgIpc) is 3.40. The molecule has 0 atom stereocenters. The van der Waals surface area contributed by atoms with Crippen molar-refractivity contribution in [3.8, 4) is 63.2 Å². The maximum absolute atomic E-state index is 13.3. The van der Waals surface area contributed by atoms with E-state index >= 15 is 0 Å². The molecule has 0 aliphatic heterocycles. The molecule has 0 radical (unpaired) electrons. The van der Waals surface area contributed by atoms with Crippen LogP contribution in [0.15, 0.2) is 146 Å². The Balaban J connectivity index is 0.000000224. The first-order valence-electron chi connectivity index (χ1n) is 23.6. The number of benzene rings is 4. The summed E-state index contributed by atoms with van der Waals surface area (Å²) in [5.74, 6) is 1.07. The molecule has 0 aliphatic carbocycles. The van der Waals surface area contributed by atoms with Gasteiger partial charge in [0.15, 0.2) is 51.4 Å². The molecule has 8 rings (SSSR count). The first-order chi connectivity index (χ1) is 36.6. The van der Waals surface area contributed by atoms with Gasteiger partial charge in [0.25, 0.3) is 5.88 Å². The van der Waals surface area contributed by atoms with Gasteiger partial charge in [-0.25, -0.2) is 24.4 Å². The molecule has 0 aliphatic rings. The van der Waals surface area contributed by atoms with Crippen molar-refractivity contribution in [1.29, 1.82) is 0 Å². The monoisotopic (exact) mass is 1100 g/mol. The number of hydrogen-bond acceptors (Lipinski definition) is 16. The lowest BCUT2D eigenvalue weighted by Crippen LogP contribution is -2.23. The van der Waals surface area contributed by atoms with Gasteiger partial charge in [-0.3, -0.25) is 19.4 Å². The molecular formula is C54H57ClN10O10S2. The highest BCUT2D eigenvalue weighted by atomic mass is 35.5. The van der Waals surface area contributed by atoms with E-state index in [1.165, 1.54) is 14.2 Å². The van der Waals surface area contributed by atoms with Crippen LogP contribution >= 0.6 is 11.6 Å². The molecule has 0 bridgehead atoms. The number of nitrogens with zero attached hydrogens (tertiary/aromatic N) is 6. The fraction of sp³-hybridized carbons (Fsp3) is 0.222. The Morgan fingerprint density at radius 3 is 1.30 bits per heavy atom. The summed E-state index contributed by atoms with van der Waals surface area (Å²) in [6.07, 6.45) is 6.24. The van der Waals surface area contributed by atoms with E-state index in [2.05, 4.69) is 90.3 Å². The minimum absolute atomic E-state index is 0.0680. The number of hydrogen-bond donors (Lipinski definition) is 5. The molecular weight excluding hydrogens is 1050 g/mol. The molecule has 4 aromatic heterocycles. The number of pyridine rings is 2. The third-order valence-electron chi connectivity index (χ3n) is 10.9. The van der Waals surface area contributed by atoms with Crippen LogP contribution in [0, 0.1) is 0 Å². The van der Waals surface area contributed by atoms with E-state index in [1.807, 2.05) is 24.3 Å². The largest absolute Gasteiger partial charge is 0.493 e. The summed E-state index contributed by atoms with van der Waals surface area (Å²) in [5.41, 5.74) is 3.85. The van der Waals surface area contributed by atoms with Gasteiger partial charge in [0.05, 0.1) is 32.2 Å². The van der Waals surface area contributed by atoms with Gasteiger partial charge in [0.2, 0.25) is 11.5 Å². The van der Waals surface area contributed by atoms with Crippen LogP contribution in [0.25, 0.3) is 22.8 Å². The first-order valence-corrected chi connectivity index (χ1v) is 27.0. The van der Waals surface area contributed by atoms with Gasteiger partial charge in [-0.1, -0.05) is 102 Å². The van der Waals surface area contributed by atoms with Crippen molar-refractivity contribution in [1.82, 2.24) is 29.9 Å². The predicted molar refractivity (Wildman–Crippen MR) is 297 cm³/mol. The smallest absolute Gasteiger partial charge is 0.322 e. The summed E-state index contributed by atoms with van der Waals surface area (Å²) in [6, 6.07) is 34.6. The molecule has 0 unspecified atom stereocenters. The number of para-hydroxylation sites is 4. The zero-order valence-electron chi connectivity index (χ0n) is 43.3. The van der Waals surface area contributed by atoms with E-state index < -0.39 is 20.4 Å². The lowest BCUT2D eigenvalue weighted by Gasteiger charge is -2.20. The van der Waals surface area contributed by atoms with Crippen LogP contribution in [0.4, 0.5) is 23.0 Å². The number of aliphatic hydroxyl groups excluding tert-OH is 1. The van der Waals surface area contributed by atoms with Gasteiger partial charge >= 0.3 is 20.4 Å². The topological polar surface area (TPSA) is 260 Å². The number of methoxy groups -OCH3 is 2. The Morgan fingerprint density at radius 2 is 0.896 bits per heavy atom. The van der Waals surface area contributed by atoms with Crippen molar-refractivity contribution in [3.63, 3.8) is 0 Å². The van der Waals surface area contributed by atoms with E-state index in [0.29, 0.717) is 39.8 Å². The Morgan fingerprint density at radius 1 is 0.506 bits per heavy atom. The maximum Gasteiger partial charge on any atom is 0.322 e. The first kappa shape index (κ1) is 56.4.